The minimum atomic E-state index is -1.03. The minimum Gasteiger partial charge on any atom is -0.378 e. The molecule has 0 atom stereocenters. The van der Waals surface area contributed by atoms with E-state index in [2.05, 4.69) is 11.8 Å². The maximum Gasteiger partial charge on any atom is 0.242 e. The Kier molecular flexibility index (Phi) is 3.35. The first kappa shape index (κ1) is 9.73. The number of hydrogen-bond donors (Lipinski definition) is 2. The highest BCUT2D eigenvalue weighted by Crippen LogP contribution is 1.95. The lowest BCUT2D eigenvalue weighted by atomic mass is 10.1. The van der Waals surface area contributed by atoms with E-state index in [0.717, 1.165) is 6.08 Å². The molecule has 0 saturated carbocycles. The Morgan fingerprint density at radius 1 is 1.64 bits per heavy atom. The van der Waals surface area contributed by atoms with E-state index in [9.17, 15) is 4.79 Å². The number of hydrogen-bond acceptors (Lipinski definition) is 2. The fourth-order valence-electron chi connectivity index (χ4n) is 0.342. The van der Waals surface area contributed by atoms with Gasteiger partial charge in [-0.25, -0.2) is 0 Å². The maximum atomic E-state index is 10.1. The molecule has 0 spiro atoms. The van der Waals surface area contributed by atoms with Gasteiger partial charge in [-0.3, -0.25) is 4.79 Å². The Morgan fingerprint density at radius 3 is 2.55 bits per heavy atom. The monoisotopic (exact) mass is 153 g/mol. The van der Waals surface area contributed by atoms with E-state index in [1.54, 1.807) is 13.8 Å². The van der Waals surface area contributed by atoms with Crippen molar-refractivity contribution in [3.63, 3.8) is 0 Å². The normalized spacial score (nSPS) is 10.8. The Hall–Kier alpha value is -1.27. The molecule has 0 heterocycles. The fraction of sp³-hybridized carbons (Fsp3) is 0.375. The average molecular weight is 153 g/mol. The molecule has 0 aromatic carbocycles. The van der Waals surface area contributed by atoms with Crippen LogP contribution in [0.25, 0.3) is 0 Å². The summed E-state index contributed by atoms with van der Waals surface area (Å²) in [4.78, 5) is 10.1. The summed E-state index contributed by atoms with van der Waals surface area (Å²) in [5.74, 6) is 4.42. The largest absolute Gasteiger partial charge is 0.378 e. The Balaban J connectivity index is 4.02. The molecule has 0 unspecified atom stereocenters. The van der Waals surface area contributed by atoms with Crippen LogP contribution in [0.3, 0.4) is 0 Å². The third-order valence-corrected chi connectivity index (χ3v) is 0.709. The fourth-order valence-corrected chi connectivity index (χ4v) is 0.342. The smallest absolute Gasteiger partial charge is 0.242 e. The number of rotatable bonds is 1. The van der Waals surface area contributed by atoms with E-state index in [-0.39, 0.29) is 0 Å². The van der Waals surface area contributed by atoms with E-state index in [4.69, 9.17) is 10.8 Å². The second-order valence-corrected chi connectivity index (χ2v) is 2.56. The average Bonchev–Trinajstić information content (AvgIpc) is 1.78. The van der Waals surface area contributed by atoms with Crippen LogP contribution in [0, 0.1) is 11.8 Å². The van der Waals surface area contributed by atoms with Gasteiger partial charge in [0.05, 0.1) is 0 Å². The van der Waals surface area contributed by atoms with Crippen molar-refractivity contribution in [2.24, 2.45) is 5.73 Å². The van der Waals surface area contributed by atoms with Crippen LogP contribution in [0.5, 0.6) is 0 Å². The first-order valence-corrected chi connectivity index (χ1v) is 3.13. The van der Waals surface area contributed by atoms with Gasteiger partial charge in [-0.05, 0) is 19.9 Å². The minimum absolute atomic E-state index is 0.546. The Morgan fingerprint density at radius 2 is 2.18 bits per heavy atom. The summed E-state index contributed by atoms with van der Waals surface area (Å²) in [5.41, 5.74) is 3.76. The van der Waals surface area contributed by atoms with Crippen molar-refractivity contribution in [2.45, 2.75) is 19.4 Å². The zero-order valence-electron chi connectivity index (χ0n) is 6.59. The first-order chi connectivity index (χ1) is 4.92. The zero-order valence-corrected chi connectivity index (χ0v) is 6.59. The summed E-state index contributed by atoms with van der Waals surface area (Å²) in [6.07, 6.45) is 2.44. The highest BCUT2D eigenvalue weighted by atomic mass is 16.3. The summed E-state index contributed by atoms with van der Waals surface area (Å²) in [7, 11) is 0. The van der Waals surface area contributed by atoms with Crippen molar-refractivity contribution in [1.82, 2.24) is 0 Å². The number of aliphatic hydroxyl groups is 1. The lowest BCUT2D eigenvalue weighted by Gasteiger charge is -2.04. The summed E-state index contributed by atoms with van der Waals surface area (Å²) in [6, 6.07) is 0. The Bertz CT molecular complexity index is 225. The summed E-state index contributed by atoms with van der Waals surface area (Å²) >= 11 is 0. The molecular formula is C8H11NO2. The van der Waals surface area contributed by atoms with Crippen molar-refractivity contribution >= 4 is 5.91 Å². The van der Waals surface area contributed by atoms with Crippen LogP contribution in [0.15, 0.2) is 12.2 Å². The summed E-state index contributed by atoms with van der Waals surface area (Å²) in [6.45, 7) is 3.11. The van der Waals surface area contributed by atoms with Crippen LogP contribution >= 0.6 is 0 Å². The molecule has 3 heteroatoms. The zero-order chi connectivity index (χ0) is 8.91. The van der Waals surface area contributed by atoms with E-state index < -0.39 is 11.5 Å². The van der Waals surface area contributed by atoms with Crippen LogP contribution in [-0.4, -0.2) is 16.6 Å². The van der Waals surface area contributed by atoms with Crippen molar-refractivity contribution < 1.29 is 9.90 Å². The quantitative estimate of drug-likeness (QED) is 0.405. The maximum absolute atomic E-state index is 10.1. The standard InChI is InChI=1S/C8H11NO2/c1-8(2,11)6-4-3-5-7(9)10/h3,5,11H,1-2H3,(H2,9,10)/b5-3+. The van der Waals surface area contributed by atoms with E-state index in [1.165, 1.54) is 6.08 Å². The number of allylic oxidation sites excluding steroid dienone is 1. The van der Waals surface area contributed by atoms with Gasteiger partial charge in [-0.2, -0.15) is 0 Å². The molecule has 0 aliphatic rings. The lowest BCUT2D eigenvalue weighted by Crippen LogP contribution is -2.14. The predicted molar refractivity (Wildman–Crippen MR) is 42.4 cm³/mol. The number of nitrogens with two attached hydrogens (primary N) is 1. The lowest BCUT2D eigenvalue weighted by molar-refractivity contribution is -0.113. The van der Waals surface area contributed by atoms with Gasteiger partial charge in [-0.15, -0.1) is 0 Å². The summed E-state index contributed by atoms with van der Waals surface area (Å²) in [5, 5.41) is 9.06. The third-order valence-electron chi connectivity index (χ3n) is 0.709. The highest BCUT2D eigenvalue weighted by Gasteiger charge is 2.04. The van der Waals surface area contributed by atoms with Gasteiger partial charge in [-0.1, -0.05) is 11.8 Å². The molecule has 3 nitrogen and oxygen atoms in total. The molecule has 11 heavy (non-hydrogen) atoms. The van der Waals surface area contributed by atoms with Crippen molar-refractivity contribution in [3.05, 3.63) is 12.2 Å². The molecule has 0 aliphatic heterocycles. The number of carbonyl (C=O) groups excluding carboxylic acids is 1. The van der Waals surface area contributed by atoms with Crippen LogP contribution in [0.1, 0.15) is 13.8 Å². The van der Waals surface area contributed by atoms with Gasteiger partial charge in [0.15, 0.2) is 0 Å². The molecule has 0 aromatic heterocycles. The van der Waals surface area contributed by atoms with Crippen molar-refractivity contribution in [2.75, 3.05) is 0 Å². The predicted octanol–water partition coefficient (Wildman–Crippen LogP) is -0.198. The number of amides is 1. The van der Waals surface area contributed by atoms with E-state index in [0.29, 0.717) is 0 Å². The SMILES string of the molecule is CC(C)(O)C#C/C=C/C(N)=O. The molecule has 0 rings (SSSR count). The molecule has 0 fully saturated rings. The molecule has 60 valence electrons. The first-order valence-electron chi connectivity index (χ1n) is 3.13. The molecule has 0 aliphatic carbocycles. The van der Waals surface area contributed by atoms with Crippen LogP contribution in [0.4, 0.5) is 0 Å². The molecular weight excluding hydrogens is 142 g/mol. The van der Waals surface area contributed by atoms with Gasteiger partial charge in [0.1, 0.15) is 5.60 Å². The third kappa shape index (κ3) is 8.73. The van der Waals surface area contributed by atoms with Crippen LogP contribution in [0.2, 0.25) is 0 Å². The second-order valence-electron chi connectivity index (χ2n) is 2.56. The van der Waals surface area contributed by atoms with Crippen LogP contribution in [-0.2, 0) is 4.79 Å². The van der Waals surface area contributed by atoms with Gasteiger partial charge in [0, 0.05) is 6.08 Å². The van der Waals surface area contributed by atoms with Crippen molar-refractivity contribution in [1.29, 1.82) is 0 Å². The molecule has 3 N–H and O–H groups in total. The second kappa shape index (κ2) is 3.79. The summed E-state index contributed by atoms with van der Waals surface area (Å²) < 4.78 is 0. The number of primary amides is 1. The van der Waals surface area contributed by atoms with Crippen molar-refractivity contribution in [3.8, 4) is 11.8 Å². The van der Waals surface area contributed by atoms with E-state index >= 15 is 0 Å². The van der Waals surface area contributed by atoms with E-state index in [1.807, 2.05) is 0 Å². The highest BCUT2D eigenvalue weighted by molar-refractivity contribution is 5.86. The molecule has 0 bridgehead atoms. The Labute approximate surface area is 65.9 Å². The number of carbonyl (C=O) groups is 1. The molecule has 0 saturated heterocycles. The van der Waals surface area contributed by atoms with Gasteiger partial charge < -0.3 is 10.8 Å². The molecule has 0 aromatic rings. The van der Waals surface area contributed by atoms with Crippen LogP contribution < -0.4 is 5.73 Å². The van der Waals surface area contributed by atoms with Gasteiger partial charge >= 0.3 is 0 Å². The molecule has 1 amide bonds. The topological polar surface area (TPSA) is 63.3 Å². The van der Waals surface area contributed by atoms with Gasteiger partial charge in [0.2, 0.25) is 5.91 Å². The van der Waals surface area contributed by atoms with Gasteiger partial charge in [0.25, 0.3) is 0 Å². The molecule has 0 radical (unpaired) electrons.